The fourth-order valence-corrected chi connectivity index (χ4v) is 3.33. The van der Waals surface area contributed by atoms with E-state index < -0.39 is 0 Å². The van der Waals surface area contributed by atoms with Crippen molar-refractivity contribution in [3.8, 4) is 0 Å². The van der Waals surface area contributed by atoms with Gasteiger partial charge in [0.1, 0.15) is 11.5 Å². The number of ether oxygens (including phenoxy) is 1. The van der Waals surface area contributed by atoms with Crippen LogP contribution >= 0.6 is 11.6 Å². The summed E-state index contributed by atoms with van der Waals surface area (Å²) in [6, 6.07) is 11.1. The molecule has 3 rings (SSSR count). The molecule has 7 heteroatoms. The Kier molecular flexibility index (Phi) is 6.77. The van der Waals surface area contributed by atoms with Gasteiger partial charge < -0.3 is 19.8 Å². The molecule has 27 heavy (non-hydrogen) atoms. The van der Waals surface area contributed by atoms with Crippen LogP contribution in [0.25, 0.3) is 0 Å². The standard InChI is InChI=1S/C20H26ClN3O3/c1-14-3-8-19(27-14)18(24-9-11-26-12-10-24)13-22-20(25)23-15(2)16-4-6-17(21)7-5-16/h3-8,15,18H,9-13H2,1-2H3,(H2,22,23,25). The average molecular weight is 392 g/mol. The third-order valence-corrected chi connectivity index (χ3v) is 5.00. The molecule has 1 aromatic carbocycles. The highest BCUT2D eigenvalue weighted by molar-refractivity contribution is 6.30. The Balaban J connectivity index is 1.58. The molecule has 0 spiro atoms. The number of halogens is 1. The summed E-state index contributed by atoms with van der Waals surface area (Å²) in [7, 11) is 0. The van der Waals surface area contributed by atoms with Crippen molar-refractivity contribution < 1.29 is 13.9 Å². The van der Waals surface area contributed by atoms with E-state index in [0.29, 0.717) is 24.8 Å². The van der Waals surface area contributed by atoms with Gasteiger partial charge in [0.25, 0.3) is 0 Å². The Hall–Kier alpha value is -2.02. The number of hydrogen-bond acceptors (Lipinski definition) is 4. The molecule has 1 fully saturated rings. The minimum absolute atomic E-state index is 0.0146. The molecule has 2 heterocycles. The lowest BCUT2D eigenvalue weighted by atomic mass is 10.1. The molecule has 2 N–H and O–H groups in total. The van der Waals surface area contributed by atoms with E-state index in [1.54, 1.807) is 0 Å². The van der Waals surface area contributed by atoms with Gasteiger partial charge in [-0.25, -0.2) is 4.79 Å². The predicted octanol–water partition coefficient (Wildman–Crippen LogP) is 3.68. The number of carbonyl (C=O) groups is 1. The van der Waals surface area contributed by atoms with Gasteiger partial charge in [-0.3, -0.25) is 4.90 Å². The van der Waals surface area contributed by atoms with Crippen molar-refractivity contribution in [2.45, 2.75) is 25.9 Å². The summed E-state index contributed by atoms with van der Waals surface area (Å²) < 4.78 is 11.3. The van der Waals surface area contributed by atoms with E-state index in [4.69, 9.17) is 20.8 Å². The van der Waals surface area contributed by atoms with Crippen molar-refractivity contribution in [2.75, 3.05) is 32.8 Å². The van der Waals surface area contributed by atoms with Crippen LogP contribution < -0.4 is 10.6 Å². The number of rotatable bonds is 6. The Morgan fingerprint density at radius 1 is 1.19 bits per heavy atom. The highest BCUT2D eigenvalue weighted by Crippen LogP contribution is 2.23. The third kappa shape index (κ3) is 5.48. The summed E-state index contributed by atoms with van der Waals surface area (Å²) >= 11 is 5.92. The van der Waals surface area contributed by atoms with Crippen LogP contribution in [0, 0.1) is 6.92 Å². The highest BCUT2D eigenvalue weighted by atomic mass is 35.5. The van der Waals surface area contributed by atoms with Crippen LogP contribution in [0.2, 0.25) is 5.02 Å². The number of hydrogen-bond donors (Lipinski definition) is 2. The van der Waals surface area contributed by atoms with Crippen LogP contribution in [0.3, 0.4) is 0 Å². The molecule has 1 saturated heterocycles. The number of urea groups is 1. The Bertz CT molecular complexity index is 741. The van der Waals surface area contributed by atoms with E-state index in [9.17, 15) is 4.79 Å². The molecule has 2 amide bonds. The molecule has 1 aliphatic rings. The molecule has 2 unspecified atom stereocenters. The molecule has 0 radical (unpaired) electrons. The number of furan rings is 1. The van der Waals surface area contributed by atoms with Crippen molar-refractivity contribution in [2.24, 2.45) is 0 Å². The van der Waals surface area contributed by atoms with Gasteiger partial charge in [-0.05, 0) is 43.7 Å². The fraction of sp³-hybridized carbons (Fsp3) is 0.450. The summed E-state index contributed by atoms with van der Waals surface area (Å²) in [6.45, 7) is 7.34. The molecule has 0 saturated carbocycles. The molecule has 0 bridgehead atoms. The van der Waals surface area contributed by atoms with Gasteiger partial charge in [-0.15, -0.1) is 0 Å². The number of nitrogens with one attached hydrogen (secondary N) is 2. The monoisotopic (exact) mass is 391 g/mol. The van der Waals surface area contributed by atoms with Gasteiger partial charge in [-0.2, -0.15) is 0 Å². The molecule has 1 aromatic heterocycles. The first kappa shape index (κ1) is 19.7. The molecule has 6 nitrogen and oxygen atoms in total. The molecular weight excluding hydrogens is 366 g/mol. The second kappa shape index (κ2) is 9.26. The quantitative estimate of drug-likeness (QED) is 0.788. The maximum Gasteiger partial charge on any atom is 0.315 e. The molecule has 0 aliphatic carbocycles. The van der Waals surface area contributed by atoms with Gasteiger partial charge >= 0.3 is 6.03 Å². The molecular formula is C20H26ClN3O3. The largest absolute Gasteiger partial charge is 0.465 e. The first-order chi connectivity index (χ1) is 13.0. The zero-order valence-electron chi connectivity index (χ0n) is 15.7. The Morgan fingerprint density at radius 3 is 2.52 bits per heavy atom. The van der Waals surface area contributed by atoms with E-state index in [1.165, 1.54) is 0 Å². The van der Waals surface area contributed by atoms with Gasteiger partial charge in [-0.1, -0.05) is 23.7 Å². The maximum absolute atomic E-state index is 12.4. The van der Waals surface area contributed by atoms with Crippen molar-refractivity contribution >= 4 is 17.6 Å². The van der Waals surface area contributed by atoms with Crippen molar-refractivity contribution in [1.82, 2.24) is 15.5 Å². The number of morpholine rings is 1. The first-order valence-electron chi connectivity index (χ1n) is 9.21. The predicted molar refractivity (Wildman–Crippen MR) is 105 cm³/mol. The Labute approximate surface area is 164 Å². The maximum atomic E-state index is 12.4. The lowest BCUT2D eigenvalue weighted by molar-refractivity contribution is 0.0121. The van der Waals surface area contributed by atoms with Crippen LogP contribution in [-0.4, -0.2) is 43.8 Å². The number of amides is 2. The van der Waals surface area contributed by atoms with Crippen LogP contribution in [0.5, 0.6) is 0 Å². The summed E-state index contributed by atoms with van der Waals surface area (Å²) in [5.74, 6) is 1.73. The first-order valence-corrected chi connectivity index (χ1v) is 9.58. The summed E-state index contributed by atoms with van der Waals surface area (Å²) in [4.78, 5) is 14.7. The normalized spacial score (nSPS) is 17.3. The van der Waals surface area contributed by atoms with Crippen LogP contribution in [0.4, 0.5) is 4.79 Å². The van der Waals surface area contributed by atoms with E-state index in [-0.39, 0.29) is 18.1 Å². The van der Waals surface area contributed by atoms with Crippen molar-refractivity contribution in [1.29, 1.82) is 0 Å². The third-order valence-electron chi connectivity index (χ3n) is 4.75. The minimum Gasteiger partial charge on any atom is -0.465 e. The van der Waals surface area contributed by atoms with E-state index in [2.05, 4.69) is 15.5 Å². The lowest BCUT2D eigenvalue weighted by Crippen LogP contribution is -2.46. The van der Waals surface area contributed by atoms with Crippen molar-refractivity contribution in [3.63, 3.8) is 0 Å². The topological polar surface area (TPSA) is 66.7 Å². The number of aryl methyl sites for hydroxylation is 1. The SMILES string of the molecule is Cc1ccc(C(CNC(=O)NC(C)c2ccc(Cl)cc2)N2CCOCC2)o1. The number of nitrogens with zero attached hydrogens (tertiary/aromatic N) is 1. The van der Waals surface area contributed by atoms with Gasteiger partial charge in [0.05, 0.1) is 25.3 Å². The summed E-state index contributed by atoms with van der Waals surface area (Å²) in [6.07, 6.45) is 0. The van der Waals surface area contributed by atoms with Gasteiger partial charge in [0, 0.05) is 24.7 Å². The van der Waals surface area contributed by atoms with E-state index >= 15 is 0 Å². The molecule has 2 atom stereocenters. The molecule has 2 aromatic rings. The number of benzene rings is 1. The smallest absolute Gasteiger partial charge is 0.315 e. The summed E-state index contributed by atoms with van der Waals surface area (Å²) in [5, 5.41) is 6.62. The van der Waals surface area contributed by atoms with Crippen LogP contribution in [0.15, 0.2) is 40.8 Å². The number of carbonyl (C=O) groups excluding carboxylic acids is 1. The average Bonchev–Trinajstić information content (AvgIpc) is 3.09. The zero-order chi connectivity index (χ0) is 19.2. The Morgan fingerprint density at radius 2 is 1.89 bits per heavy atom. The fourth-order valence-electron chi connectivity index (χ4n) is 3.20. The lowest BCUT2D eigenvalue weighted by Gasteiger charge is -2.33. The highest BCUT2D eigenvalue weighted by Gasteiger charge is 2.25. The van der Waals surface area contributed by atoms with Gasteiger partial charge in [0.15, 0.2) is 0 Å². The second-order valence-electron chi connectivity index (χ2n) is 6.74. The van der Waals surface area contributed by atoms with Crippen LogP contribution in [-0.2, 0) is 4.74 Å². The van der Waals surface area contributed by atoms with E-state index in [1.807, 2.05) is 50.2 Å². The van der Waals surface area contributed by atoms with Crippen molar-refractivity contribution in [3.05, 3.63) is 58.5 Å². The second-order valence-corrected chi connectivity index (χ2v) is 7.18. The molecule has 1 aliphatic heterocycles. The summed E-state index contributed by atoms with van der Waals surface area (Å²) in [5.41, 5.74) is 1.00. The van der Waals surface area contributed by atoms with Gasteiger partial charge in [0.2, 0.25) is 0 Å². The van der Waals surface area contributed by atoms with Crippen LogP contribution in [0.1, 0.15) is 36.1 Å². The molecule has 146 valence electrons. The van der Waals surface area contributed by atoms with E-state index in [0.717, 1.165) is 30.2 Å². The minimum atomic E-state index is -0.209. The zero-order valence-corrected chi connectivity index (χ0v) is 16.5.